The molecule has 0 aliphatic heterocycles. The van der Waals surface area contributed by atoms with Crippen molar-refractivity contribution >= 4 is 11.9 Å². The number of halogens is 2. The summed E-state index contributed by atoms with van der Waals surface area (Å²) in [6.07, 6.45) is -2.82. The van der Waals surface area contributed by atoms with Gasteiger partial charge >= 0.3 is 11.9 Å². The summed E-state index contributed by atoms with van der Waals surface area (Å²) in [4.78, 5) is 21.5. The quantitative estimate of drug-likeness (QED) is 0.399. The normalized spacial score (nSPS) is 9.87. The Labute approximate surface area is 85.9 Å². The SMILES string of the molecule is C=C(CCOC(=O)C(=O)OCC)C(F)F. The van der Waals surface area contributed by atoms with E-state index in [2.05, 4.69) is 16.1 Å². The average Bonchev–Trinajstić information content (AvgIpc) is 2.17. The van der Waals surface area contributed by atoms with E-state index in [1.807, 2.05) is 0 Å². The zero-order chi connectivity index (χ0) is 11.8. The third-order valence-corrected chi connectivity index (χ3v) is 1.41. The summed E-state index contributed by atoms with van der Waals surface area (Å²) in [6, 6.07) is 0. The van der Waals surface area contributed by atoms with Crippen LogP contribution in [0.1, 0.15) is 13.3 Å². The van der Waals surface area contributed by atoms with E-state index < -0.39 is 18.4 Å². The molecule has 0 rings (SSSR count). The van der Waals surface area contributed by atoms with Crippen LogP contribution in [-0.4, -0.2) is 31.6 Å². The van der Waals surface area contributed by atoms with Gasteiger partial charge in [-0.1, -0.05) is 6.58 Å². The highest BCUT2D eigenvalue weighted by Gasteiger charge is 2.17. The number of alkyl halides is 2. The number of carbonyl (C=O) groups excluding carboxylic acids is 2. The topological polar surface area (TPSA) is 52.6 Å². The maximum Gasteiger partial charge on any atom is 0.417 e. The zero-order valence-electron chi connectivity index (χ0n) is 8.29. The molecule has 0 N–H and O–H groups in total. The third kappa shape index (κ3) is 5.77. The molecular weight excluding hydrogens is 210 g/mol. The summed E-state index contributed by atoms with van der Waals surface area (Å²) in [5.74, 6) is -2.31. The molecule has 0 radical (unpaired) electrons. The van der Waals surface area contributed by atoms with Crippen LogP contribution in [0.5, 0.6) is 0 Å². The van der Waals surface area contributed by atoms with Gasteiger partial charge in [0.2, 0.25) is 0 Å². The van der Waals surface area contributed by atoms with Crippen molar-refractivity contribution in [2.45, 2.75) is 19.8 Å². The fraction of sp³-hybridized carbons (Fsp3) is 0.556. The maximum atomic E-state index is 11.9. The van der Waals surface area contributed by atoms with Crippen LogP contribution in [0, 0.1) is 0 Å². The highest BCUT2D eigenvalue weighted by Crippen LogP contribution is 2.09. The van der Waals surface area contributed by atoms with Gasteiger partial charge in [0.05, 0.1) is 13.2 Å². The zero-order valence-corrected chi connectivity index (χ0v) is 8.29. The van der Waals surface area contributed by atoms with Crippen molar-refractivity contribution in [2.24, 2.45) is 0 Å². The smallest absolute Gasteiger partial charge is 0.417 e. The van der Waals surface area contributed by atoms with Gasteiger partial charge in [-0.15, -0.1) is 0 Å². The van der Waals surface area contributed by atoms with Gasteiger partial charge in [-0.3, -0.25) is 0 Å². The van der Waals surface area contributed by atoms with Gasteiger partial charge in [-0.25, -0.2) is 18.4 Å². The number of ether oxygens (including phenoxy) is 2. The van der Waals surface area contributed by atoms with E-state index in [1.165, 1.54) is 6.92 Å². The van der Waals surface area contributed by atoms with Gasteiger partial charge < -0.3 is 9.47 Å². The van der Waals surface area contributed by atoms with Crippen molar-refractivity contribution < 1.29 is 27.8 Å². The highest BCUT2D eigenvalue weighted by molar-refractivity contribution is 6.29. The lowest BCUT2D eigenvalue weighted by Crippen LogP contribution is -2.21. The van der Waals surface area contributed by atoms with Gasteiger partial charge in [0.1, 0.15) is 0 Å². The number of hydrogen-bond acceptors (Lipinski definition) is 4. The molecule has 0 fully saturated rings. The molecule has 4 nitrogen and oxygen atoms in total. The van der Waals surface area contributed by atoms with Crippen molar-refractivity contribution in [1.29, 1.82) is 0 Å². The van der Waals surface area contributed by atoms with E-state index in [4.69, 9.17) is 0 Å². The second-order valence-electron chi connectivity index (χ2n) is 2.57. The molecule has 0 unspecified atom stereocenters. The van der Waals surface area contributed by atoms with Crippen molar-refractivity contribution in [3.8, 4) is 0 Å². The molecule has 0 aromatic heterocycles. The molecule has 0 bridgehead atoms. The van der Waals surface area contributed by atoms with Crippen LogP contribution in [0.4, 0.5) is 8.78 Å². The first-order valence-corrected chi connectivity index (χ1v) is 4.28. The van der Waals surface area contributed by atoms with Gasteiger partial charge in [0.25, 0.3) is 6.43 Å². The van der Waals surface area contributed by atoms with E-state index in [-0.39, 0.29) is 25.2 Å². The number of hydrogen-bond donors (Lipinski definition) is 0. The molecule has 0 aliphatic rings. The van der Waals surface area contributed by atoms with Gasteiger partial charge in [-0.05, 0) is 12.5 Å². The minimum absolute atomic E-state index is 0.0532. The molecule has 0 atom stereocenters. The lowest BCUT2D eigenvalue weighted by atomic mass is 10.2. The molecule has 0 aliphatic carbocycles. The van der Waals surface area contributed by atoms with Crippen LogP contribution in [0.3, 0.4) is 0 Å². The molecule has 0 heterocycles. The Hall–Kier alpha value is -1.46. The minimum atomic E-state index is -2.65. The van der Waals surface area contributed by atoms with Gasteiger partial charge in [0, 0.05) is 6.42 Å². The largest absolute Gasteiger partial charge is 0.458 e. The van der Waals surface area contributed by atoms with E-state index in [9.17, 15) is 18.4 Å². The molecular formula is C9H12F2O4. The summed E-state index contributed by atoms with van der Waals surface area (Å²) in [5, 5.41) is 0. The Morgan fingerprint density at radius 1 is 1.27 bits per heavy atom. The monoisotopic (exact) mass is 222 g/mol. The third-order valence-electron chi connectivity index (χ3n) is 1.41. The second-order valence-corrected chi connectivity index (χ2v) is 2.57. The summed E-state index contributed by atoms with van der Waals surface area (Å²) in [5.41, 5.74) is -0.341. The highest BCUT2D eigenvalue weighted by atomic mass is 19.3. The first-order chi connectivity index (χ1) is 6.99. The molecule has 6 heteroatoms. The van der Waals surface area contributed by atoms with Crippen molar-refractivity contribution in [3.63, 3.8) is 0 Å². The first kappa shape index (κ1) is 13.5. The minimum Gasteiger partial charge on any atom is -0.458 e. The molecule has 0 spiro atoms. The fourth-order valence-corrected chi connectivity index (χ4v) is 0.633. The molecule has 86 valence electrons. The van der Waals surface area contributed by atoms with Crippen LogP contribution in [0.2, 0.25) is 0 Å². The Balaban J connectivity index is 3.73. The summed E-state index contributed by atoms with van der Waals surface area (Å²) in [7, 11) is 0. The molecule has 0 saturated carbocycles. The number of rotatable bonds is 5. The van der Waals surface area contributed by atoms with Crippen LogP contribution < -0.4 is 0 Å². The number of esters is 2. The van der Waals surface area contributed by atoms with Crippen LogP contribution in [0.15, 0.2) is 12.2 Å². The Bertz CT molecular complexity index is 250. The van der Waals surface area contributed by atoms with Gasteiger partial charge in [0.15, 0.2) is 0 Å². The lowest BCUT2D eigenvalue weighted by Gasteiger charge is -2.05. The van der Waals surface area contributed by atoms with Crippen molar-refractivity contribution in [1.82, 2.24) is 0 Å². The Kier molecular flexibility index (Phi) is 6.24. The van der Waals surface area contributed by atoms with Crippen molar-refractivity contribution in [3.05, 3.63) is 12.2 Å². The van der Waals surface area contributed by atoms with E-state index in [0.717, 1.165) is 0 Å². The molecule has 0 aromatic rings. The fourth-order valence-electron chi connectivity index (χ4n) is 0.633. The van der Waals surface area contributed by atoms with Gasteiger partial charge in [-0.2, -0.15) is 0 Å². The van der Waals surface area contributed by atoms with E-state index in [1.54, 1.807) is 0 Å². The van der Waals surface area contributed by atoms with E-state index >= 15 is 0 Å². The average molecular weight is 222 g/mol. The second kappa shape index (κ2) is 6.92. The predicted octanol–water partition coefficient (Wildman–Crippen LogP) is 1.30. The maximum absolute atomic E-state index is 11.9. The lowest BCUT2D eigenvalue weighted by molar-refractivity contribution is -0.167. The summed E-state index contributed by atoms with van der Waals surface area (Å²) >= 11 is 0. The summed E-state index contributed by atoms with van der Waals surface area (Å²) in [6.45, 7) is 4.35. The van der Waals surface area contributed by atoms with Crippen LogP contribution in [0.25, 0.3) is 0 Å². The molecule has 0 saturated heterocycles. The van der Waals surface area contributed by atoms with Crippen LogP contribution in [-0.2, 0) is 19.1 Å². The first-order valence-electron chi connectivity index (χ1n) is 4.28. The number of carbonyl (C=O) groups is 2. The molecule has 15 heavy (non-hydrogen) atoms. The molecule has 0 amide bonds. The Morgan fingerprint density at radius 2 is 1.80 bits per heavy atom. The van der Waals surface area contributed by atoms with E-state index in [0.29, 0.717) is 0 Å². The van der Waals surface area contributed by atoms with Crippen molar-refractivity contribution in [2.75, 3.05) is 13.2 Å². The predicted molar refractivity (Wildman–Crippen MR) is 47.4 cm³/mol. The van der Waals surface area contributed by atoms with Crippen LogP contribution >= 0.6 is 0 Å². The Morgan fingerprint density at radius 3 is 2.27 bits per heavy atom. The summed E-state index contributed by atoms with van der Waals surface area (Å²) < 4.78 is 32.5. The standard InChI is InChI=1S/C9H12F2O4/c1-3-14-8(12)9(13)15-5-4-6(2)7(10)11/h7H,2-5H2,1H3. The molecule has 0 aromatic carbocycles.